The zero-order valence-corrected chi connectivity index (χ0v) is 16.2. The van der Waals surface area contributed by atoms with Crippen LogP contribution in [0.2, 0.25) is 0 Å². The Labute approximate surface area is 164 Å². The van der Waals surface area contributed by atoms with Gasteiger partial charge in [-0.3, -0.25) is 9.59 Å². The third-order valence-corrected chi connectivity index (χ3v) is 4.13. The summed E-state index contributed by atoms with van der Waals surface area (Å²) in [4.78, 5) is 37.5. The van der Waals surface area contributed by atoms with Gasteiger partial charge in [-0.05, 0) is 36.3 Å². The molecular weight excluding hydrogens is 356 g/mol. The minimum absolute atomic E-state index is 0.210. The maximum atomic E-state index is 12.5. The van der Waals surface area contributed by atoms with E-state index in [4.69, 9.17) is 0 Å². The van der Waals surface area contributed by atoms with Gasteiger partial charge in [-0.1, -0.05) is 42.5 Å². The molecule has 2 aromatic rings. The Balaban J connectivity index is 1.88. The minimum atomic E-state index is -0.660. The lowest BCUT2D eigenvalue weighted by Crippen LogP contribution is -2.44. The third-order valence-electron chi connectivity index (χ3n) is 4.13. The van der Waals surface area contributed by atoms with Gasteiger partial charge in [-0.25, -0.2) is 4.79 Å². The molecule has 28 heavy (non-hydrogen) atoms. The second-order valence-corrected chi connectivity index (χ2v) is 6.36. The fourth-order valence-corrected chi connectivity index (χ4v) is 2.61. The first kappa shape index (κ1) is 20.9. The summed E-state index contributed by atoms with van der Waals surface area (Å²) >= 11 is 0. The number of hydrogen-bond acceptors (Lipinski definition) is 4. The molecule has 0 saturated carbocycles. The Bertz CT molecular complexity index is 845. The van der Waals surface area contributed by atoms with Gasteiger partial charge in [0, 0.05) is 19.7 Å². The number of nitrogens with zero attached hydrogens (tertiary/aromatic N) is 1. The highest BCUT2D eigenvalue weighted by atomic mass is 16.5. The number of hydrogen-bond donors (Lipinski definition) is 1. The largest absolute Gasteiger partial charge is 0.465 e. The van der Waals surface area contributed by atoms with Gasteiger partial charge in [0.25, 0.3) is 0 Å². The molecule has 0 saturated heterocycles. The average molecular weight is 380 g/mol. The predicted octanol–water partition coefficient (Wildman–Crippen LogP) is 2.65. The van der Waals surface area contributed by atoms with Crippen LogP contribution in [0.15, 0.2) is 60.7 Å². The van der Waals surface area contributed by atoms with Crippen LogP contribution < -0.4 is 5.32 Å². The summed E-state index contributed by atoms with van der Waals surface area (Å²) in [7, 11) is 2.99. The van der Waals surface area contributed by atoms with Crippen LogP contribution in [0.1, 0.15) is 28.4 Å². The number of rotatable bonds is 7. The summed E-state index contributed by atoms with van der Waals surface area (Å²) in [6.45, 7) is 2.01. The first-order valence-electron chi connectivity index (χ1n) is 8.86. The summed E-state index contributed by atoms with van der Waals surface area (Å²) in [5.74, 6) is -0.949. The van der Waals surface area contributed by atoms with Crippen LogP contribution in [0.25, 0.3) is 6.08 Å². The van der Waals surface area contributed by atoms with Gasteiger partial charge in [0.2, 0.25) is 11.8 Å². The number of methoxy groups -OCH3 is 1. The lowest BCUT2D eigenvalue weighted by atomic mass is 10.1. The maximum Gasteiger partial charge on any atom is 0.337 e. The van der Waals surface area contributed by atoms with Crippen molar-refractivity contribution in [2.24, 2.45) is 0 Å². The Morgan fingerprint density at radius 2 is 1.71 bits per heavy atom. The molecule has 2 aromatic carbocycles. The zero-order valence-electron chi connectivity index (χ0n) is 16.2. The topological polar surface area (TPSA) is 75.7 Å². The molecule has 2 rings (SSSR count). The third kappa shape index (κ3) is 6.09. The highest BCUT2D eigenvalue weighted by Gasteiger charge is 2.19. The summed E-state index contributed by atoms with van der Waals surface area (Å²) in [6, 6.07) is 15.6. The molecular formula is C22H24N2O4. The molecule has 6 heteroatoms. The van der Waals surface area contributed by atoms with Gasteiger partial charge in [0.15, 0.2) is 0 Å². The highest BCUT2D eigenvalue weighted by Crippen LogP contribution is 2.09. The lowest BCUT2D eigenvalue weighted by Gasteiger charge is -2.22. The van der Waals surface area contributed by atoms with E-state index in [1.54, 1.807) is 44.3 Å². The molecule has 1 atom stereocenters. The van der Waals surface area contributed by atoms with Gasteiger partial charge in [-0.2, -0.15) is 0 Å². The summed E-state index contributed by atoms with van der Waals surface area (Å²) < 4.78 is 4.66. The lowest BCUT2D eigenvalue weighted by molar-refractivity contribution is -0.134. The predicted molar refractivity (Wildman–Crippen MR) is 107 cm³/mol. The normalized spacial score (nSPS) is 11.7. The standard InChI is InChI=1S/C22H24N2O4/c1-16(23-20(25)14-11-17-7-5-4-6-8-17)21(26)24(2)15-18-9-12-19(13-10-18)22(27)28-3/h4-14,16H,15H2,1-3H3,(H,23,25)/b14-11+. The van der Waals surface area contributed by atoms with Crippen molar-refractivity contribution in [2.45, 2.75) is 19.5 Å². The molecule has 0 aliphatic heterocycles. The first-order valence-corrected chi connectivity index (χ1v) is 8.86. The van der Waals surface area contributed by atoms with Crippen LogP contribution in [0.3, 0.4) is 0 Å². The SMILES string of the molecule is COC(=O)c1ccc(CN(C)C(=O)C(C)NC(=O)/C=C/c2ccccc2)cc1. The van der Waals surface area contributed by atoms with E-state index < -0.39 is 12.0 Å². The van der Waals surface area contributed by atoms with Crippen molar-refractivity contribution in [2.75, 3.05) is 14.2 Å². The van der Waals surface area contributed by atoms with Gasteiger partial charge in [0.1, 0.15) is 6.04 Å². The number of esters is 1. The fourth-order valence-electron chi connectivity index (χ4n) is 2.61. The van der Waals surface area contributed by atoms with E-state index >= 15 is 0 Å². The number of benzene rings is 2. The Morgan fingerprint density at radius 1 is 1.07 bits per heavy atom. The molecule has 0 spiro atoms. The van der Waals surface area contributed by atoms with Crippen molar-refractivity contribution >= 4 is 23.9 Å². The van der Waals surface area contributed by atoms with Crippen LogP contribution in [-0.4, -0.2) is 42.9 Å². The second kappa shape index (κ2) is 10.1. The quantitative estimate of drug-likeness (QED) is 0.592. The Morgan fingerprint density at radius 3 is 2.32 bits per heavy atom. The van der Waals surface area contributed by atoms with Gasteiger partial charge >= 0.3 is 5.97 Å². The molecule has 0 aliphatic carbocycles. The van der Waals surface area contributed by atoms with Crippen molar-refractivity contribution in [1.29, 1.82) is 0 Å². The highest BCUT2D eigenvalue weighted by molar-refractivity contribution is 5.95. The van der Waals surface area contributed by atoms with Crippen molar-refractivity contribution in [1.82, 2.24) is 10.2 Å². The van der Waals surface area contributed by atoms with E-state index in [2.05, 4.69) is 10.1 Å². The zero-order chi connectivity index (χ0) is 20.5. The Kier molecular flexibility index (Phi) is 7.51. The van der Waals surface area contributed by atoms with Crippen molar-refractivity contribution in [3.05, 3.63) is 77.4 Å². The summed E-state index contributed by atoms with van der Waals surface area (Å²) in [5.41, 5.74) is 2.22. The van der Waals surface area contributed by atoms with E-state index in [1.165, 1.54) is 18.1 Å². The molecule has 0 heterocycles. The van der Waals surface area contributed by atoms with E-state index in [1.807, 2.05) is 30.3 Å². The number of carbonyl (C=O) groups excluding carboxylic acids is 3. The summed E-state index contributed by atoms with van der Waals surface area (Å²) in [5, 5.41) is 2.67. The van der Waals surface area contributed by atoms with Crippen LogP contribution in [-0.2, 0) is 20.9 Å². The smallest absolute Gasteiger partial charge is 0.337 e. The average Bonchev–Trinajstić information content (AvgIpc) is 2.72. The molecule has 1 N–H and O–H groups in total. The van der Waals surface area contributed by atoms with Crippen molar-refractivity contribution in [3.8, 4) is 0 Å². The number of ether oxygens (including phenoxy) is 1. The maximum absolute atomic E-state index is 12.5. The molecule has 2 amide bonds. The van der Waals surface area contributed by atoms with E-state index in [-0.39, 0.29) is 11.8 Å². The van der Waals surface area contributed by atoms with Crippen molar-refractivity contribution in [3.63, 3.8) is 0 Å². The fraction of sp³-hybridized carbons (Fsp3) is 0.227. The van der Waals surface area contributed by atoms with Gasteiger partial charge < -0.3 is 15.0 Å². The van der Waals surface area contributed by atoms with Crippen LogP contribution in [0.4, 0.5) is 0 Å². The molecule has 6 nitrogen and oxygen atoms in total. The monoisotopic (exact) mass is 380 g/mol. The van der Waals surface area contributed by atoms with Crippen LogP contribution >= 0.6 is 0 Å². The Hall–Kier alpha value is -3.41. The van der Waals surface area contributed by atoms with E-state index in [9.17, 15) is 14.4 Å². The molecule has 0 aromatic heterocycles. The van der Waals surface area contributed by atoms with E-state index in [0.29, 0.717) is 12.1 Å². The van der Waals surface area contributed by atoms with Gasteiger partial charge in [0.05, 0.1) is 12.7 Å². The van der Waals surface area contributed by atoms with Crippen LogP contribution in [0.5, 0.6) is 0 Å². The molecule has 1 unspecified atom stereocenters. The molecule has 0 aliphatic rings. The molecule has 146 valence electrons. The van der Waals surface area contributed by atoms with E-state index in [0.717, 1.165) is 11.1 Å². The second-order valence-electron chi connectivity index (χ2n) is 6.36. The number of amides is 2. The van der Waals surface area contributed by atoms with Crippen molar-refractivity contribution < 1.29 is 19.1 Å². The number of nitrogens with one attached hydrogen (secondary N) is 1. The van der Waals surface area contributed by atoms with Crippen LogP contribution in [0, 0.1) is 0 Å². The summed E-state index contributed by atoms with van der Waals surface area (Å²) in [6.07, 6.45) is 3.10. The number of likely N-dealkylation sites (N-methyl/N-ethyl adjacent to an activating group) is 1. The molecule has 0 bridgehead atoms. The molecule has 0 radical (unpaired) electrons. The number of carbonyl (C=O) groups is 3. The first-order chi connectivity index (χ1) is 13.4. The van der Waals surface area contributed by atoms with Gasteiger partial charge in [-0.15, -0.1) is 0 Å². The minimum Gasteiger partial charge on any atom is -0.465 e. The molecule has 0 fully saturated rings.